The highest BCUT2D eigenvalue weighted by molar-refractivity contribution is 6.10. The monoisotopic (exact) mass is 301 g/mol. The molecule has 0 unspecified atom stereocenters. The van der Waals surface area contributed by atoms with Crippen LogP contribution >= 0.6 is 0 Å². The maximum atomic E-state index is 12.1. The van der Waals surface area contributed by atoms with Crippen LogP contribution in [0.1, 0.15) is 41.4 Å². The Kier molecular flexibility index (Phi) is 4.25. The van der Waals surface area contributed by atoms with E-state index in [0.717, 1.165) is 16.5 Å². The Labute approximate surface area is 128 Å². The van der Waals surface area contributed by atoms with E-state index >= 15 is 0 Å². The number of carbonyl (C=O) groups excluding carboxylic acids is 1. The Hall–Kier alpha value is -2.70. The van der Waals surface area contributed by atoms with Gasteiger partial charge in [0.1, 0.15) is 0 Å². The van der Waals surface area contributed by atoms with Gasteiger partial charge in [-0.2, -0.15) is 5.53 Å². The molecule has 22 heavy (non-hydrogen) atoms. The molecule has 0 atom stereocenters. The van der Waals surface area contributed by atoms with Gasteiger partial charge in [0, 0.05) is 23.2 Å². The Morgan fingerprint density at radius 2 is 2.09 bits per heavy atom. The minimum absolute atomic E-state index is 0.0798. The maximum Gasteiger partial charge on any atom is 0.338 e. The van der Waals surface area contributed by atoms with E-state index in [-0.39, 0.29) is 11.9 Å². The smallest absolute Gasteiger partial charge is 0.338 e. The molecular formula is C15H19N5O2. The molecule has 1 heterocycles. The standard InChI is InChI=1S/C15H19N5O2/c1-8(2)20-7-9(3)13-11(15(21)22-4)5-10(6-12(13)20)14(16)18-19-17/h5-8H,1-4H3,(H3,16,17,18). The van der Waals surface area contributed by atoms with Gasteiger partial charge in [0.2, 0.25) is 0 Å². The SMILES string of the molecule is COC(=O)c1cc(/C(N)=N/N=N)cc2c1c(C)cn2C(C)C. The van der Waals surface area contributed by atoms with E-state index in [0.29, 0.717) is 11.1 Å². The first-order valence-corrected chi connectivity index (χ1v) is 6.84. The topological polar surface area (TPSA) is 106 Å². The normalized spacial score (nSPS) is 12.0. The van der Waals surface area contributed by atoms with Gasteiger partial charge in [-0.3, -0.25) is 0 Å². The number of hydrogen-bond acceptors (Lipinski definition) is 4. The molecule has 116 valence electrons. The summed E-state index contributed by atoms with van der Waals surface area (Å²) in [6, 6.07) is 3.69. The number of nitrogens with one attached hydrogen (secondary N) is 1. The molecule has 1 aromatic carbocycles. The largest absolute Gasteiger partial charge is 0.465 e. The van der Waals surface area contributed by atoms with Gasteiger partial charge in [-0.05, 0) is 38.5 Å². The van der Waals surface area contributed by atoms with Crippen LogP contribution in [-0.4, -0.2) is 23.5 Å². The van der Waals surface area contributed by atoms with Gasteiger partial charge in [0.15, 0.2) is 5.84 Å². The van der Waals surface area contributed by atoms with Crippen LogP contribution in [0.25, 0.3) is 10.9 Å². The maximum absolute atomic E-state index is 12.1. The lowest BCUT2D eigenvalue weighted by molar-refractivity contribution is 0.0603. The predicted octanol–water partition coefficient (Wildman–Crippen LogP) is 2.97. The number of carbonyl (C=O) groups is 1. The molecule has 0 aliphatic rings. The minimum Gasteiger partial charge on any atom is -0.465 e. The zero-order chi connectivity index (χ0) is 16.4. The number of esters is 1. The number of nitrogens with zero attached hydrogens (tertiary/aromatic N) is 3. The number of ether oxygens (including phenoxy) is 1. The van der Waals surface area contributed by atoms with E-state index in [9.17, 15) is 4.79 Å². The molecule has 0 spiro atoms. The van der Waals surface area contributed by atoms with E-state index in [1.165, 1.54) is 7.11 Å². The van der Waals surface area contributed by atoms with Gasteiger partial charge in [0.05, 0.1) is 18.2 Å². The lowest BCUT2D eigenvalue weighted by Crippen LogP contribution is -2.15. The highest BCUT2D eigenvalue weighted by atomic mass is 16.5. The zero-order valence-corrected chi connectivity index (χ0v) is 13.0. The number of aryl methyl sites for hydroxylation is 1. The third-order valence-corrected chi connectivity index (χ3v) is 3.54. The molecule has 0 radical (unpaired) electrons. The average Bonchev–Trinajstić information content (AvgIpc) is 2.83. The lowest BCUT2D eigenvalue weighted by atomic mass is 10.0. The quantitative estimate of drug-likeness (QED) is 0.298. The van der Waals surface area contributed by atoms with E-state index in [4.69, 9.17) is 16.0 Å². The van der Waals surface area contributed by atoms with E-state index in [1.807, 2.05) is 19.2 Å². The van der Waals surface area contributed by atoms with E-state index < -0.39 is 5.97 Å². The summed E-state index contributed by atoms with van der Waals surface area (Å²) in [5.74, 6) is -0.358. The summed E-state index contributed by atoms with van der Waals surface area (Å²) in [7, 11) is 1.34. The van der Waals surface area contributed by atoms with Gasteiger partial charge >= 0.3 is 5.97 Å². The van der Waals surface area contributed by atoms with Gasteiger partial charge in [-0.1, -0.05) is 5.22 Å². The van der Waals surface area contributed by atoms with Crippen molar-refractivity contribution in [1.29, 1.82) is 5.53 Å². The highest BCUT2D eigenvalue weighted by Crippen LogP contribution is 2.29. The van der Waals surface area contributed by atoms with Gasteiger partial charge in [-0.25, -0.2) is 4.79 Å². The summed E-state index contributed by atoms with van der Waals surface area (Å²) in [6.07, 6.45) is 1.99. The van der Waals surface area contributed by atoms with Crippen LogP contribution < -0.4 is 5.73 Å². The molecule has 0 fully saturated rings. The number of fused-ring (bicyclic) bond motifs is 1. The summed E-state index contributed by atoms with van der Waals surface area (Å²) >= 11 is 0. The second kappa shape index (κ2) is 5.97. The van der Waals surface area contributed by atoms with E-state index in [2.05, 4.69) is 28.7 Å². The molecule has 0 saturated carbocycles. The van der Waals surface area contributed by atoms with Crippen molar-refractivity contribution < 1.29 is 9.53 Å². The number of nitrogens with two attached hydrogens (primary N) is 1. The van der Waals surface area contributed by atoms with Crippen molar-refractivity contribution in [2.45, 2.75) is 26.8 Å². The fourth-order valence-corrected chi connectivity index (χ4v) is 2.55. The summed E-state index contributed by atoms with van der Waals surface area (Å²) < 4.78 is 6.94. The van der Waals surface area contributed by atoms with Crippen LogP contribution in [0.3, 0.4) is 0 Å². The minimum atomic E-state index is -0.438. The third-order valence-electron chi connectivity index (χ3n) is 3.54. The molecule has 0 aliphatic carbocycles. The summed E-state index contributed by atoms with van der Waals surface area (Å²) in [4.78, 5) is 12.1. The number of benzene rings is 1. The van der Waals surface area contributed by atoms with Crippen LogP contribution in [0.5, 0.6) is 0 Å². The average molecular weight is 301 g/mol. The van der Waals surface area contributed by atoms with Gasteiger partial charge in [-0.15, -0.1) is 5.10 Å². The van der Waals surface area contributed by atoms with Crippen LogP contribution in [0.4, 0.5) is 0 Å². The van der Waals surface area contributed by atoms with Crippen LogP contribution in [-0.2, 0) is 4.74 Å². The number of aromatic nitrogens is 1. The summed E-state index contributed by atoms with van der Waals surface area (Å²) in [5, 5.41) is 7.31. The number of rotatable bonds is 4. The second-order valence-electron chi connectivity index (χ2n) is 5.31. The molecule has 0 aliphatic heterocycles. The molecule has 1 aromatic heterocycles. The summed E-state index contributed by atoms with van der Waals surface area (Å²) in [5.41, 5.74) is 15.4. The van der Waals surface area contributed by atoms with Crippen molar-refractivity contribution in [3.8, 4) is 0 Å². The fourth-order valence-electron chi connectivity index (χ4n) is 2.55. The Bertz CT molecular complexity index is 774. The first-order chi connectivity index (χ1) is 10.4. The highest BCUT2D eigenvalue weighted by Gasteiger charge is 2.19. The first kappa shape index (κ1) is 15.7. The molecule has 0 amide bonds. The zero-order valence-electron chi connectivity index (χ0n) is 13.0. The fraction of sp³-hybridized carbons (Fsp3) is 0.333. The molecule has 7 nitrogen and oxygen atoms in total. The third kappa shape index (κ3) is 2.57. The van der Waals surface area contributed by atoms with Crippen molar-refractivity contribution in [3.05, 3.63) is 35.0 Å². The molecule has 2 rings (SSSR count). The van der Waals surface area contributed by atoms with Crippen molar-refractivity contribution in [2.24, 2.45) is 16.1 Å². The second-order valence-corrected chi connectivity index (χ2v) is 5.31. The number of methoxy groups -OCH3 is 1. The Balaban J connectivity index is 2.87. The molecular weight excluding hydrogens is 282 g/mol. The molecule has 3 N–H and O–H groups in total. The Morgan fingerprint density at radius 1 is 1.41 bits per heavy atom. The number of amidine groups is 1. The number of hydrogen-bond donors (Lipinski definition) is 2. The van der Waals surface area contributed by atoms with E-state index in [1.54, 1.807) is 6.07 Å². The van der Waals surface area contributed by atoms with Crippen molar-refractivity contribution >= 4 is 22.7 Å². The van der Waals surface area contributed by atoms with Gasteiger partial charge < -0.3 is 15.0 Å². The first-order valence-electron chi connectivity index (χ1n) is 6.84. The van der Waals surface area contributed by atoms with Crippen LogP contribution in [0.2, 0.25) is 0 Å². The molecule has 0 bridgehead atoms. The summed E-state index contributed by atoms with van der Waals surface area (Å²) in [6.45, 7) is 6.06. The van der Waals surface area contributed by atoms with Crippen LogP contribution in [0.15, 0.2) is 28.7 Å². The Morgan fingerprint density at radius 3 is 2.64 bits per heavy atom. The lowest BCUT2D eigenvalue weighted by Gasteiger charge is -2.12. The van der Waals surface area contributed by atoms with Crippen LogP contribution in [0, 0.1) is 12.5 Å². The molecule has 2 aromatic rings. The van der Waals surface area contributed by atoms with Crippen molar-refractivity contribution in [3.63, 3.8) is 0 Å². The van der Waals surface area contributed by atoms with Gasteiger partial charge in [0.25, 0.3) is 0 Å². The molecule has 0 saturated heterocycles. The predicted molar refractivity (Wildman–Crippen MR) is 84.3 cm³/mol. The molecule has 7 heteroatoms. The van der Waals surface area contributed by atoms with Crippen molar-refractivity contribution in [1.82, 2.24) is 4.57 Å². The van der Waals surface area contributed by atoms with Crippen molar-refractivity contribution in [2.75, 3.05) is 7.11 Å².